The number of para-hydroxylation sites is 2. The Morgan fingerprint density at radius 2 is 1.75 bits per heavy atom. The maximum Gasteiger partial charge on any atom is 0.274 e. The van der Waals surface area contributed by atoms with Gasteiger partial charge in [-0.3, -0.25) is 9.69 Å². The second-order valence-electron chi connectivity index (χ2n) is 7.78. The van der Waals surface area contributed by atoms with Crippen LogP contribution >= 0.6 is 22.9 Å². The van der Waals surface area contributed by atoms with Gasteiger partial charge in [-0.15, -0.1) is 0 Å². The van der Waals surface area contributed by atoms with E-state index in [-0.39, 0.29) is 5.91 Å². The molecule has 2 atom stereocenters. The van der Waals surface area contributed by atoms with Crippen molar-refractivity contribution >= 4 is 44.2 Å². The second-order valence-corrected chi connectivity index (χ2v) is 9.23. The van der Waals surface area contributed by atoms with Crippen LogP contribution < -0.4 is 14.4 Å². The van der Waals surface area contributed by atoms with Crippen molar-refractivity contribution in [2.45, 2.75) is 32.6 Å². The van der Waals surface area contributed by atoms with Gasteiger partial charge >= 0.3 is 0 Å². The third-order valence-electron chi connectivity index (χ3n) is 5.41. The van der Waals surface area contributed by atoms with Gasteiger partial charge in [-0.1, -0.05) is 65.4 Å². The molecule has 0 spiro atoms. The molecule has 5 rings (SSSR count). The summed E-state index contributed by atoms with van der Waals surface area (Å²) in [6.07, 6.45) is -1.23. The van der Waals surface area contributed by atoms with Crippen molar-refractivity contribution in [3.63, 3.8) is 0 Å². The molecule has 0 saturated carbocycles. The number of benzene rings is 3. The standard InChI is InChI=1S/C25H21ClN2O3S/c1-15-12-18(26)13-21-22(15)27-25(32-21)28(14-17-8-4-3-5-9-17)24(29)23-16(2)30-19-10-6-7-11-20(19)31-23/h3-13,16,23H,14H2,1-2H3. The number of hydrogen-bond acceptors (Lipinski definition) is 5. The molecule has 0 fully saturated rings. The monoisotopic (exact) mass is 464 g/mol. The number of ether oxygens (including phenoxy) is 2. The van der Waals surface area contributed by atoms with Crippen LogP contribution in [0.5, 0.6) is 11.5 Å². The van der Waals surface area contributed by atoms with E-state index in [2.05, 4.69) is 0 Å². The third-order valence-corrected chi connectivity index (χ3v) is 6.65. The molecule has 2 unspecified atom stereocenters. The van der Waals surface area contributed by atoms with Crippen LogP contribution in [0.15, 0.2) is 66.7 Å². The van der Waals surface area contributed by atoms with E-state index < -0.39 is 12.2 Å². The Kier molecular flexibility index (Phi) is 5.49. The molecule has 4 aromatic rings. The number of rotatable bonds is 4. The minimum absolute atomic E-state index is 0.196. The first-order valence-corrected chi connectivity index (χ1v) is 11.5. The number of thiazole rings is 1. The van der Waals surface area contributed by atoms with Gasteiger partial charge in [-0.2, -0.15) is 0 Å². The molecule has 1 amide bonds. The summed E-state index contributed by atoms with van der Waals surface area (Å²) in [6, 6.07) is 21.0. The zero-order valence-corrected chi connectivity index (χ0v) is 19.2. The van der Waals surface area contributed by atoms with Gasteiger partial charge in [-0.25, -0.2) is 4.98 Å². The molecule has 1 aromatic heterocycles. The lowest BCUT2D eigenvalue weighted by Gasteiger charge is -2.33. The summed E-state index contributed by atoms with van der Waals surface area (Å²) in [6.45, 7) is 4.19. The van der Waals surface area contributed by atoms with Crippen molar-refractivity contribution in [3.05, 3.63) is 82.9 Å². The molecule has 0 radical (unpaired) electrons. The molecule has 0 bridgehead atoms. The highest BCUT2D eigenvalue weighted by molar-refractivity contribution is 7.22. The highest BCUT2D eigenvalue weighted by Crippen LogP contribution is 2.37. The number of amides is 1. The normalized spacial score (nSPS) is 17.3. The zero-order chi connectivity index (χ0) is 22.2. The molecule has 1 aliphatic rings. The second kappa shape index (κ2) is 8.45. The lowest BCUT2D eigenvalue weighted by atomic mass is 10.1. The summed E-state index contributed by atoms with van der Waals surface area (Å²) in [5.41, 5.74) is 2.82. The quantitative estimate of drug-likeness (QED) is 0.370. The Balaban J connectivity index is 1.54. The number of aryl methyl sites for hydroxylation is 1. The number of nitrogens with zero attached hydrogens (tertiary/aromatic N) is 2. The molecule has 1 aliphatic heterocycles. The fourth-order valence-corrected chi connectivity index (χ4v) is 5.23. The van der Waals surface area contributed by atoms with E-state index in [9.17, 15) is 4.79 Å². The lowest BCUT2D eigenvalue weighted by Crippen LogP contribution is -2.50. The zero-order valence-electron chi connectivity index (χ0n) is 17.6. The Hall–Kier alpha value is -3.09. The van der Waals surface area contributed by atoms with Crippen LogP contribution in [0.3, 0.4) is 0 Å². The topological polar surface area (TPSA) is 51.7 Å². The Morgan fingerprint density at radius 3 is 2.50 bits per heavy atom. The smallest absolute Gasteiger partial charge is 0.274 e. The van der Waals surface area contributed by atoms with E-state index in [1.54, 1.807) is 4.90 Å². The third kappa shape index (κ3) is 3.92. The van der Waals surface area contributed by atoms with Crippen molar-refractivity contribution < 1.29 is 14.3 Å². The van der Waals surface area contributed by atoms with Crippen molar-refractivity contribution in [3.8, 4) is 11.5 Å². The predicted octanol–water partition coefficient (Wildman–Crippen LogP) is 6.02. The minimum atomic E-state index is -0.787. The summed E-state index contributed by atoms with van der Waals surface area (Å²) < 4.78 is 13.0. The van der Waals surface area contributed by atoms with Crippen molar-refractivity contribution in [2.75, 3.05) is 4.90 Å². The average molecular weight is 465 g/mol. The predicted molar refractivity (Wildman–Crippen MR) is 128 cm³/mol. The largest absolute Gasteiger partial charge is 0.482 e. The van der Waals surface area contributed by atoms with E-state index in [1.165, 1.54) is 11.3 Å². The minimum Gasteiger partial charge on any atom is -0.482 e. The van der Waals surface area contributed by atoms with Crippen LogP contribution in [0.1, 0.15) is 18.1 Å². The Labute approximate surface area is 195 Å². The first-order chi connectivity index (χ1) is 15.5. The number of hydrogen-bond donors (Lipinski definition) is 0. The molecule has 162 valence electrons. The summed E-state index contributed by atoms with van der Waals surface area (Å²) in [4.78, 5) is 20.3. The molecule has 32 heavy (non-hydrogen) atoms. The van der Waals surface area contributed by atoms with Gasteiger partial charge in [0.05, 0.1) is 16.8 Å². The molecule has 7 heteroatoms. The number of anilines is 1. The first-order valence-electron chi connectivity index (χ1n) is 10.3. The van der Waals surface area contributed by atoms with Crippen LogP contribution in [0.2, 0.25) is 5.02 Å². The number of carbonyl (C=O) groups is 1. The molecule has 0 saturated heterocycles. The molecule has 3 aromatic carbocycles. The van der Waals surface area contributed by atoms with Crippen molar-refractivity contribution in [2.24, 2.45) is 0 Å². The van der Waals surface area contributed by atoms with Crippen molar-refractivity contribution in [1.29, 1.82) is 0 Å². The maximum absolute atomic E-state index is 13.8. The van der Waals surface area contributed by atoms with E-state index in [0.29, 0.717) is 28.2 Å². The maximum atomic E-state index is 13.8. The summed E-state index contributed by atoms with van der Waals surface area (Å²) in [5.74, 6) is 1.01. The van der Waals surface area contributed by atoms with Crippen molar-refractivity contribution in [1.82, 2.24) is 4.98 Å². The summed E-state index contributed by atoms with van der Waals surface area (Å²) in [5, 5.41) is 1.26. The van der Waals surface area contributed by atoms with Gasteiger partial charge < -0.3 is 9.47 Å². The number of halogens is 1. The summed E-state index contributed by atoms with van der Waals surface area (Å²) >= 11 is 7.70. The van der Waals surface area contributed by atoms with Gasteiger partial charge in [0.25, 0.3) is 5.91 Å². The molecule has 0 aliphatic carbocycles. The summed E-state index contributed by atoms with van der Waals surface area (Å²) in [7, 11) is 0. The molecular weight excluding hydrogens is 444 g/mol. The first kappa shape index (κ1) is 20.8. The van der Waals surface area contributed by atoms with Crippen LogP contribution in [0.25, 0.3) is 10.2 Å². The van der Waals surface area contributed by atoms with Crippen LogP contribution in [-0.4, -0.2) is 23.1 Å². The Morgan fingerprint density at radius 1 is 1.06 bits per heavy atom. The van der Waals surface area contributed by atoms with Gasteiger partial charge in [0.1, 0.15) is 6.10 Å². The van der Waals surface area contributed by atoms with Crippen LogP contribution in [0, 0.1) is 6.92 Å². The molecule has 2 heterocycles. The fraction of sp³-hybridized carbons (Fsp3) is 0.200. The van der Waals surface area contributed by atoms with Gasteiger partial charge in [0.15, 0.2) is 16.6 Å². The number of fused-ring (bicyclic) bond motifs is 2. The van der Waals surface area contributed by atoms with Crippen LogP contribution in [0.4, 0.5) is 5.13 Å². The van der Waals surface area contributed by atoms with Gasteiger partial charge in [0, 0.05) is 5.02 Å². The van der Waals surface area contributed by atoms with E-state index >= 15 is 0 Å². The Bertz CT molecular complexity index is 1290. The fourth-order valence-electron chi connectivity index (χ4n) is 3.81. The van der Waals surface area contributed by atoms with Crippen LogP contribution in [-0.2, 0) is 11.3 Å². The highest BCUT2D eigenvalue weighted by atomic mass is 35.5. The number of carbonyl (C=O) groups excluding carboxylic acids is 1. The molecule has 5 nitrogen and oxygen atoms in total. The van der Waals surface area contributed by atoms with E-state index in [1.807, 2.05) is 80.6 Å². The highest BCUT2D eigenvalue weighted by Gasteiger charge is 2.38. The van der Waals surface area contributed by atoms with E-state index in [4.69, 9.17) is 26.1 Å². The lowest BCUT2D eigenvalue weighted by molar-refractivity contribution is -0.130. The molecule has 0 N–H and O–H groups in total. The van der Waals surface area contributed by atoms with Gasteiger partial charge in [0.2, 0.25) is 6.10 Å². The van der Waals surface area contributed by atoms with Gasteiger partial charge in [-0.05, 0) is 49.2 Å². The average Bonchev–Trinajstić information content (AvgIpc) is 3.21. The number of aromatic nitrogens is 1. The molecular formula is C25H21ClN2O3S. The van der Waals surface area contributed by atoms with E-state index in [0.717, 1.165) is 21.3 Å². The SMILES string of the molecule is Cc1cc(Cl)cc2sc(N(Cc3ccccc3)C(=O)C3Oc4ccccc4OC3C)nc12.